The zero-order valence-corrected chi connectivity index (χ0v) is 13.2. The highest BCUT2D eigenvalue weighted by atomic mass is 32.1. The van der Waals surface area contributed by atoms with Crippen molar-refractivity contribution in [2.75, 3.05) is 0 Å². The maximum absolute atomic E-state index is 10.5. The van der Waals surface area contributed by atoms with Gasteiger partial charge in [0, 0.05) is 15.8 Å². The Kier molecular flexibility index (Phi) is 4.12. The third-order valence-corrected chi connectivity index (χ3v) is 4.72. The quantitative estimate of drug-likeness (QED) is 0.480. The van der Waals surface area contributed by atoms with Crippen LogP contribution < -0.4 is 0 Å². The van der Waals surface area contributed by atoms with Crippen molar-refractivity contribution in [3.63, 3.8) is 0 Å². The molecular formula is C13H13N7O2S. The van der Waals surface area contributed by atoms with Crippen LogP contribution in [0.15, 0.2) is 4.99 Å². The Balaban J connectivity index is 1.84. The van der Waals surface area contributed by atoms with Crippen molar-refractivity contribution in [1.82, 2.24) is 20.2 Å². The fourth-order valence-corrected chi connectivity index (χ4v) is 3.81. The minimum atomic E-state index is -0.697. The average molecular weight is 331 g/mol. The van der Waals surface area contributed by atoms with Crippen LogP contribution in [0.5, 0.6) is 0 Å². The summed E-state index contributed by atoms with van der Waals surface area (Å²) in [5, 5.41) is 31.3. The van der Waals surface area contributed by atoms with E-state index in [2.05, 4.69) is 26.5 Å². The lowest BCUT2D eigenvalue weighted by atomic mass is 9.96. The molecule has 0 unspecified atom stereocenters. The number of rotatable bonds is 4. The van der Waals surface area contributed by atoms with E-state index in [9.17, 15) is 15.4 Å². The van der Waals surface area contributed by atoms with Crippen molar-refractivity contribution in [3.8, 4) is 6.07 Å². The maximum atomic E-state index is 10.5. The monoisotopic (exact) mass is 331 g/mol. The van der Waals surface area contributed by atoms with Crippen LogP contribution in [0, 0.1) is 21.4 Å². The van der Waals surface area contributed by atoms with Gasteiger partial charge in [-0.25, -0.2) is 4.99 Å². The molecule has 0 atom stereocenters. The first kappa shape index (κ1) is 15.2. The first-order valence-corrected chi connectivity index (χ1v) is 7.91. The van der Waals surface area contributed by atoms with Gasteiger partial charge >= 0.3 is 5.95 Å². The number of hydrogen-bond acceptors (Lipinski definition) is 8. The third kappa shape index (κ3) is 3.09. The van der Waals surface area contributed by atoms with E-state index < -0.39 is 10.9 Å². The summed E-state index contributed by atoms with van der Waals surface area (Å²) in [5.74, 6) is -0.540. The summed E-state index contributed by atoms with van der Waals surface area (Å²) in [5.41, 5.74) is 2.44. The molecule has 3 rings (SSSR count). The van der Waals surface area contributed by atoms with Gasteiger partial charge in [0.15, 0.2) is 0 Å². The van der Waals surface area contributed by atoms with Crippen molar-refractivity contribution in [2.24, 2.45) is 4.99 Å². The van der Waals surface area contributed by atoms with Gasteiger partial charge in [-0.05, 0) is 43.1 Å². The molecule has 2 aromatic heterocycles. The first-order valence-electron chi connectivity index (χ1n) is 7.09. The van der Waals surface area contributed by atoms with E-state index in [1.165, 1.54) is 4.88 Å². The number of nitrogens with zero attached hydrogens (tertiary/aromatic N) is 7. The van der Waals surface area contributed by atoms with Gasteiger partial charge in [0.25, 0.3) is 0 Å². The molecule has 9 nitrogen and oxygen atoms in total. The minimum absolute atomic E-state index is 0.189. The predicted molar refractivity (Wildman–Crippen MR) is 82.9 cm³/mol. The van der Waals surface area contributed by atoms with Crippen molar-refractivity contribution in [3.05, 3.63) is 26.1 Å². The van der Waals surface area contributed by atoms with E-state index in [0.717, 1.165) is 36.0 Å². The molecule has 10 heteroatoms. The SMILES string of the molecule is CC(Cn1nnc([N+](=O)[O-])n1)=Nc1sc2c(c1C#N)CCCC2. The highest BCUT2D eigenvalue weighted by molar-refractivity contribution is 7.16. The summed E-state index contributed by atoms with van der Waals surface area (Å²) in [6.45, 7) is 1.96. The molecule has 2 heterocycles. The Hall–Kier alpha value is -2.67. The van der Waals surface area contributed by atoms with Crippen molar-refractivity contribution in [1.29, 1.82) is 5.26 Å². The van der Waals surface area contributed by atoms with E-state index >= 15 is 0 Å². The number of hydrogen-bond donors (Lipinski definition) is 0. The fourth-order valence-electron chi connectivity index (χ4n) is 2.53. The molecule has 0 N–H and O–H groups in total. The second-order valence-corrected chi connectivity index (χ2v) is 6.31. The molecule has 23 heavy (non-hydrogen) atoms. The molecule has 2 aromatic rings. The number of nitro groups is 1. The summed E-state index contributed by atoms with van der Waals surface area (Å²) < 4.78 is 0. The lowest BCUT2D eigenvalue weighted by molar-refractivity contribution is -0.394. The highest BCUT2D eigenvalue weighted by Gasteiger charge is 2.21. The number of aryl methyl sites for hydroxylation is 1. The molecule has 1 aliphatic rings. The van der Waals surface area contributed by atoms with Gasteiger partial charge in [0.2, 0.25) is 0 Å². The molecule has 0 aliphatic heterocycles. The van der Waals surface area contributed by atoms with Gasteiger partial charge in [-0.15, -0.1) is 11.3 Å². The number of fused-ring (bicyclic) bond motifs is 1. The molecular weight excluding hydrogens is 318 g/mol. The zero-order valence-electron chi connectivity index (χ0n) is 12.4. The Morgan fingerprint density at radius 2 is 2.30 bits per heavy atom. The number of thiophene rings is 1. The van der Waals surface area contributed by atoms with Crippen LogP contribution in [0.25, 0.3) is 0 Å². The van der Waals surface area contributed by atoms with Crippen LogP contribution in [-0.2, 0) is 19.4 Å². The van der Waals surface area contributed by atoms with E-state index in [1.807, 2.05) is 0 Å². The van der Waals surface area contributed by atoms with Gasteiger partial charge in [-0.1, -0.05) is 4.80 Å². The summed E-state index contributed by atoms with van der Waals surface area (Å²) >= 11 is 1.55. The van der Waals surface area contributed by atoms with Crippen LogP contribution in [0.3, 0.4) is 0 Å². The summed E-state index contributed by atoms with van der Waals surface area (Å²) in [6, 6.07) is 2.26. The summed E-state index contributed by atoms with van der Waals surface area (Å²) in [6.07, 6.45) is 4.18. The largest absolute Gasteiger partial charge is 0.514 e. The average Bonchev–Trinajstić information content (AvgIpc) is 3.11. The number of tetrazole rings is 1. The van der Waals surface area contributed by atoms with E-state index in [-0.39, 0.29) is 6.54 Å². The molecule has 0 saturated carbocycles. The molecule has 0 radical (unpaired) electrons. The molecule has 118 valence electrons. The van der Waals surface area contributed by atoms with Gasteiger partial charge in [0.1, 0.15) is 17.6 Å². The second kappa shape index (κ2) is 6.21. The molecule has 0 amide bonds. The van der Waals surface area contributed by atoms with Crippen LogP contribution in [0.1, 0.15) is 35.8 Å². The van der Waals surface area contributed by atoms with E-state index in [4.69, 9.17) is 0 Å². The third-order valence-electron chi connectivity index (χ3n) is 3.53. The Morgan fingerprint density at radius 3 is 3.00 bits per heavy atom. The van der Waals surface area contributed by atoms with Crippen molar-refractivity contribution in [2.45, 2.75) is 39.2 Å². The molecule has 0 saturated heterocycles. The van der Waals surface area contributed by atoms with Gasteiger partial charge in [-0.3, -0.25) is 0 Å². The Morgan fingerprint density at radius 1 is 1.52 bits per heavy atom. The molecule has 1 aliphatic carbocycles. The minimum Gasteiger partial charge on any atom is -0.390 e. The summed E-state index contributed by atoms with van der Waals surface area (Å²) in [7, 11) is 0. The fraction of sp³-hybridized carbons (Fsp3) is 0.462. The maximum Gasteiger partial charge on any atom is 0.514 e. The van der Waals surface area contributed by atoms with Gasteiger partial charge in [0.05, 0.1) is 15.8 Å². The standard InChI is InChI=1S/C13H13N7O2S/c1-8(7-19-17-13(16-18-19)20(21)22)15-12-10(6-14)9-4-2-3-5-11(9)23-12/h2-5,7H2,1H3. The molecule has 0 aromatic carbocycles. The lowest BCUT2D eigenvalue weighted by Gasteiger charge is -2.09. The first-order chi connectivity index (χ1) is 11.1. The Labute approximate surface area is 135 Å². The lowest BCUT2D eigenvalue weighted by Crippen LogP contribution is -2.10. The van der Waals surface area contributed by atoms with Crippen LogP contribution in [0.2, 0.25) is 0 Å². The predicted octanol–water partition coefficient (Wildman–Crippen LogP) is 2.19. The number of nitriles is 1. The Bertz CT molecular complexity index is 830. The highest BCUT2D eigenvalue weighted by Crippen LogP contribution is 2.39. The van der Waals surface area contributed by atoms with Crippen LogP contribution in [-0.4, -0.2) is 30.8 Å². The smallest absolute Gasteiger partial charge is 0.390 e. The second-order valence-electron chi connectivity index (χ2n) is 5.23. The topological polar surface area (TPSA) is 123 Å². The molecule has 0 bridgehead atoms. The zero-order chi connectivity index (χ0) is 16.4. The van der Waals surface area contributed by atoms with Crippen LogP contribution >= 0.6 is 11.3 Å². The normalized spacial score (nSPS) is 14.3. The summed E-state index contributed by atoms with van der Waals surface area (Å²) in [4.78, 5) is 16.7. The molecule has 0 spiro atoms. The number of aromatic nitrogens is 4. The van der Waals surface area contributed by atoms with E-state index in [0.29, 0.717) is 16.3 Å². The number of aliphatic imine (C=N–C) groups is 1. The van der Waals surface area contributed by atoms with Gasteiger partial charge in [-0.2, -0.15) is 5.26 Å². The van der Waals surface area contributed by atoms with Gasteiger partial charge < -0.3 is 10.1 Å². The van der Waals surface area contributed by atoms with Crippen molar-refractivity contribution < 1.29 is 4.92 Å². The van der Waals surface area contributed by atoms with Crippen molar-refractivity contribution >= 4 is 28.0 Å². The van der Waals surface area contributed by atoms with E-state index in [1.54, 1.807) is 18.3 Å². The van der Waals surface area contributed by atoms with Crippen LogP contribution in [0.4, 0.5) is 10.9 Å². The molecule has 0 fully saturated rings.